The van der Waals surface area contributed by atoms with Gasteiger partial charge in [0.2, 0.25) is 0 Å². The summed E-state index contributed by atoms with van der Waals surface area (Å²) in [5, 5.41) is 5.75. The van der Waals surface area contributed by atoms with Crippen LogP contribution >= 0.6 is 0 Å². The second kappa shape index (κ2) is 6.96. The number of hydrogen-bond acceptors (Lipinski definition) is 4. The number of ether oxygens (including phenoxy) is 1. The van der Waals surface area contributed by atoms with Gasteiger partial charge < -0.3 is 14.5 Å². The maximum Gasteiger partial charge on any atom is 0.336 e. The van der Waals surface area contributed by atoms with E-state index in [4.69, 9.17) is 9.15 Å². The van der Waals surface area contributed by atoms with Crippen LogP contribution in [0.15, 0.2) is 75.9 Å². The van der Waals surface area contributed by atoms with Crippen LogP contribution in [0, 0.1) is 6.92 Å². The van der Waals surface area contributed by atoms with Gasteiger partial charge in [-0.3, -0.25) is 4.79 Å². The SMILES string of the molecule is Cc1cc(=O)oc2cc(NC(=O)COc3ccc4ccccc4c3)ccc12. The first-order valence-corrected chi connectivity index (χ1v) is 8.54. The fourth-order valence-corrected chi connectivity index (χ4v) is 3.01. The topological polar surface area (TPSA) is 68.5 Å². The van der Waals surface area contributed by atoms with E-state index in [9.17, 15) is 9.59 Å². The lowest BCUT2D eigenvalue weighted by atomic mass is 10.1. The van der Waals surface area contributed by atoms with Crippen molar-refractivity contribution in [3.05, 3.63) is 82.7 Å². The molecule has 0 aliphatic heterocycles. The molecule has 0 saturated heterocycles. The van der Waals surface area contributed by atoms with Gasteiger partial charge in [-0.25, -0.2) is 4.79 Å². The van der Waals surface area contributed by atoms with Crippen LogP contribution in [0.5, 0.6) is 5.75 Å². The quantitative estimate of drug-likeness (QED) is 0.553. The number of benzene rings is 3. The minimum atomic E-state index is -0.414. The third-order valence-electron chi connectivity index (χ3n) is 4.33. The molecule has 0 unspecified atom stereocenters. The molecule has 0 spiro atoms. The highest BCUT2D eigenvalue weighted by Gasteiger charge is 2.07. The van der Waals surface area contributed by atoms with Crippen molar-refractivity contribution in [2.75, 3.05) is 11.9 Å². The summed E-state index contributed by atoms with van der Waals surface area (Å²) in [5.74, 6) is 0.335. The summed E-state index contributed by atoms with van der Waals surface area (Å²) in [6.45, 7) is 1.73. The van der Waals surface area contributed by atoms with Crippen LogP contribution < -0.4 is 15.7 Å². The lowest BCUT2D eigenvalue weighted by Gasteiger charge is -2.09. The molecule has 5 nitrogen and oxygen atoms in total. The van der Waals surface area contributed by atoms with Crippen LogP contribution in [-0.4, -0.2) is 12.5 Å². The van der Waals surface area contributed by atoms with E-state index in [1.165, 1.54) is 6.07 Å². The van der Waals surface area contributed by atoms with Crippen molar-refractivity contribution < 1.29 is 13.9 Å². The van der Waals surface area contributed by atoms with E-state index in [0.717, 1.165) is 21.7 Å². The lowest BCUT2D eigenvalue weighted by molar-refractivity contribution is -0.118. The average molecular weight is 359 g/mol. The summed E-state index contributed by atoms with van der Waals surface area (Å²) in [6, 6.07) is 20.3. The first kappa shape index (κ1) is 16.8. The standard InChI is InChI=1S/C22H17NO4/c1-14-10-22(25)27-20-12-17(7-9-19(14)20)23-21(24)13-26-18-8-6-15-4-2-3-5-16(15)11-18/h2-12H,13H2,1H3,(H,23,24). The number of anilines is 1. The molecule has 4 rings (SSSR count). The van der Waals surface area contributed by atoms with E-state index in [0.29, 0.717) is 17.0 Å². The third-order valence-corrected chi connectivity index (χ3v) is 4.33. The monoisotopic (exact) mass is 359 g/mol. The van der Waals surface area contributed by atoms with Crippen molar-refractivity contribution in [2.45, 2.75) is 6.92 Å². The molecular weight excluding hydrogens is 342 g/mol. The van der Waals surface area contributed by atoms with Gasteiger partial charge in [-0.1, -0.05) is 30.3 Å². The van der Waals surface area contributed by atoms with Crippen LogP contribution in [0.25, 0.3) is 21.7 Å². The van der Waals surface area contributed by atoms with Crippen LogP contribution in [-0.2, 0) is 4.79 Å². The number of amides is 1. The first-order chi connectivity index (χ1) is 13.1. The minimum Gasteiger partial charge on any atom is -0.484 e. The highest BCUT2D eigenvalue weighted by Crippen LogP contribution is 2.22. The number of aryl methyl sites for hydroxylation is 1. The Labute approximate surface area is 155 Å². The number of nitrogens with one attached hydrogen (secondary N) is 1. The van der Waals surface area contributed by atoms with Crippen LogP contribution in [0.3, 0.4) is 0 Å². The Morgan fingerprint density at radius 3 is 2.67 bits per heavy atom. The molecule has 5 heteroatoms. The van der Waals surface area contributed by atoms with Crippen molar-refractivity contribution >= 4 is 33.3 Å². The molecule has 0 atom stereocenters. The Morgan fingerprint density at radius 2 is 1.81 bits per heavy atom. The Balaban J connectivity index is 1.45. The Hall–Kier alpha value is -3.60. The maximum atomic E-state index is 12.2. The number of carbonyl (C=O) groups excluding carboxylic acids is 1. The summed E-state index contributed by atoms with van der Waals surface area (Å²) in [4.78, 5) is 23.7. The molecule has 1 N–H and O–H groups in total. The highest BCUT2D eigenvalue weighted by atomic mass is 16.5. The molecule has 4 aromatic rings. The van der Waals surface area contributed by atoms with Gasteiger partial charge >= 0.3 is 5.63 Å². The molecule has 1 heterocycles. The van der Waals surface area contributed by atoms with Gasteiger partial charge in [-0.15, -0.1) is 0 Å². The van der Waals surface area contributed by atoms with Crippen molar-refractivity contribution in [1.29, 1.82) is 0 Å². The Bertz CT molecular complexity index is 1210. The fraction of sp³-hybridized carbons (Fsp3) is 0.0909. The smallest absolute Gasteiger partial charge is 0.336 e. The van der Waals surface area contributed by atoms with Gasteiger partial charge in [0.15, 0.2) is 6.61 Å². The van der Waals surface area contributed by atoms with Crippen molar-refractivity contribution in [3.8, 4) is 5.75 Å². The highest BCUT2D eigenvalue weighted by molar-refractivity contribution is 5.94. The lowest BCUT2D eigenvalue weighted by Crippen LogP contribution is -2.20. The van der Waals surface area contributed by atoms with Gasteiger partial charge in [-0.05, 0) is 47.5 Å². The molecule has 0 aliphatic carbocycles. The number of hydrogen-bond donors (Lipinski definition) is 1. The number of rotatable bonds is 4. The second-order valence-corrected chi connectivity index (χ2v) is 6.31. The molecule has 27 heavy (non-hydrogen) atoms. The van der Waals surface area contributed by atoms with E-state index >= 15 is 0 Å². The first-order valence-electron chi connectivity index (χ1n) is 8.54. The summed E-state index contributed by atoms with van der Waals surface area (Å²) in [7, 11) is 0. The zero-order valence-electron chi connectivity index (χ0n) is 14.7. The molecule has 3 aromatic carbocycles. The van der Waals surface area contributed by atoms with Crippen molar-refractivity contribution in [3.63, 3.8) is 0 Å². The van der Waals surface area contributed by atoms with Gasteiger partial charge in [0, 0.05) is 23.2 Å². The summed E-state index contributed by atoms with van der Waals surface area (Å²) < 4.78 is 10.8. The van der Waals surface area contributed by atoms with E-state index in [1.54, 1.807) is 12.1 Å². The predicted molar refractivity (Wildman–Crippen MR) is 105 cm³/mol. The normalized spacial score (nSPS) is 10.9. The third kappa shape index (κ3) is 3.67. The second-order valence-electron chi connectivity index (χ2n) is 6.31. The largest absolute Gasteiger partial charge is 0.484 e. The van der Waals surface area contributed by atoms with E-state index in [1.807, 2.05) is 55.5 Å². The van der Waals surface area contributed by atoms with Gasteiger partial charge in [0.1, 0.15) is 11.3 Å². The molecule has 0 saturated carbocycles. The van der Waals surface area contributed by atoms with Gasteiger partial charge in [0.05, 0.1) is 0 Å². The molecule has 1 amide bonds. The Morgan fingerprint density at radius 1 is 1.00 bits per heavy atom. The minimum absolute atomic E-state index is 0.117. The van der Waals surface area contributed by atoms with E-state index < -0.39 is 5.63 Å². The summed E-state index contributed by atoms with van der Waals surface area (Å²) in [5.41, 5.74) is 1.40. The molecule has 0 aliphatic rings. The van der Waals surface area contributed by atoms with Gasteiger partial charge in [0.25, 0.3) is 5.91 Å². The van der Waals surface area contributed by atoms with E-state index in [2.05, 4.69) is 5.32 Å². The zero-order chi connectivity index (χ0) is 18.8. The molecule has 134 valence electrons. The molecular formula is C22H17NO4. The Kier molecular flexibility index (Phi) is 4.34. The fourth-order valence-electron chi connectivity index (χ4n) is 3.01. The van der Waals surface area contributed by atoms with Crippen LogP contribution in [0.1, 0.15) is 5.56 Å². The molecule has 0 radical (unpaired) electrons. The van der Waals surface area contributed by atoms with Crippen molar-refractivity contribution in [1.82, 2.24) is 0 Å². The van der Waals surface area contributed by atoms with Gasteiger partial charge in [-0.2, -0.15) is 0 Å². The van der Waals surface area contributed by atoms with Crippen LogP contribution in [0.2, 0.25) is 0 Å². The number of fused-ring (bicyclic) bond motifs is 2. The number of carbonyl (C=O) groups is 1. The maximum absolute atomic E-state index is 12.2. The molecule has 0 fully saturated rings. The predicted octanol–water partition coefficient (Wildman–Crippen LogP) is 4.27. The summed E-state index contributed by atoms with van der Waals surface area (Å²) >= 11 is 0. The van der Waals surface area contributed by atoms with Crippen molar-refractivity contribution in [2.24, 2.45) is 0 Å². The van der Waals surface area contributed by atoms with Crippen LogP contribution in [0.4, 0.5) is 5.69 Å². The average Bonchev–Trinajstić information content (AvgIpc) is 2.66. The zero-order valence-corrected chi connectivity index (χ0v) is 14.7. The van der Waals surface area contributed by atoms with E-state index in [-0.39, 0.29) is 12.5 Å². The molecule has 0 bridgehead atoms. The summed E-state index contributed by atoms with van der Waals surface area (Å²) in [6.07, 6.45) is 0. The molecule has 1 aromatic heterocycles.